The topological polar surface area (TPSA) is 34.2 Å². The number of benzene rings is 1. The second-order valence-electron chi connectivity index (χ2n) is 5.95. The maximum Gasteiger partial charge on any atom is 0.416 e. The van der Waals surface area contributed by atoms with Crippen LogP contribution in [-0.2, 0) is 11.7 Å². The normalized spacial score (nSPS) is 18.7. The molecule has 0 spiro atoms. The SMILES string of the molecule is [C-]#[N+]c1nn2c(c1Br)NC(C=C)(CC(F)(F)F)c1cc(C(F)(F)F)cc(Cl)c1-2. The Bertz CT molecular complexity index is 1020. The van der Waals surface area contributed by atoms with Gasteiger partial charge in [-0.1, -0.05) is 40.2 Å². The fourth-order valence-corrected chi connectivity index (χ4v) is 3.75. The third-order valence-corrected chi connectivity index (χ3v) is 5.19. The number of nitrogens with zero attached hydrogens (tertiary/aromatic N) is 3. The van der Waals surface area contributed by atoms with E-state index in [9.17, 15) is 26.3 Å². The third kappa shape index (κ3) is 3.24. The molecule has 1 aromatic heterocycles. The molecule has 1 atom stereocenters. The molecule has 0 fully saturated rings. The number of rotatable bonds is 2. The summed E-state index contributed by atoms with van der Waals surface area (Å²) in [5, 5.41) is 6.01. The van der Waals surface area contributed by atoms with E-state index in [1.165, 1.54) is 0 Å². The second-order valence-corrected chi connectivity index (χ2v) is 7.15. The van der Waals surface area contributed by atoms with Crippen LogP contribution in [0.15, 0.2) is 29.3 Å². The van der Waals surface area contributed by atoms with Crippen LogP contribution in [0.4, 0.5) is 38.0 Å². The predicted molar refractivity (Wildman–Crippen MR) is 93.7 cm³/mol. The lowest BCUT2D eigenvalue weighted by Gasteiger charge is -2.39. The molecule has 3 rings (SSSR count). The largest absolute Gasteiger partial charge is 0.416 e. The Morgan fingerprint density at radius 1 is 1.32 bits per heavy atom. The Morgan fingerprint density at radius 2 is 1.96 bits per heavy atom. The van der Waals surface area contributed by atoms with E-state index in [4.69, 9.17) is 18.2 Å². The average molecular weight is 486 g/mol. The summed E-state index contributed by atoms with van der Waals surface area (Å²) in [6.45, 7) is 10.5. The fraction of sp³-hybridized carbons (Fsp3) is 0.250. The van der Waals surface area contributed by atoms with E-state index < -0.39 is 40.5 Å². The summed E-state index contributed by atoms with van der Waals surface area (Å²) in [6, 6.07) is 1.18. The maximum absolute atomic E-state index is 13.3. The standard InChI is InChI=1S/C16H8BrClF6N4/c1-3-14(6-15(19,20)21)8-4-7(16(22,23)24)5-9(18)11(8)28-13(26-14)10(17)12(25-2)27-28/h3-5,26H,1,6H2. The van der Waals surface area contributed by atoms with Gasteiger partial charge in [0.1, 0.15) is 5.69 Å². The number of nitrogens with one attached hydrogen (secondary N) is 1. The number of hydrogen-bond acceptors (Lipinski definition) is 2. The van der Waals surface area contributed by atoms with Crippen molar-refractivity contribution in [1.82, 2.24) is 9.78 Å². The minimum Gasteiger partial charge on any atom is -0.358 e. The first-order chi connectivity index (χ1) is 12.8. The molecule has 148 valence electrons. The van der Waals surface area contributed by atoms with Gasteiger partial charge in [0, 0.05) is 5.56 Å². The van der Waals surface area contributed by atoms with E-state index in [0.29, 0.717) is 12.1 Å². The van der Waals surface area contributed by atoms with Crippen LogP contribution in [-0.4, -0.2) is 16.0 Å². The summed E-state index contributed by atoms with van der Waals surface area (Å²) in [6.07, 6.45) is -10.3. The van der Waals surface area contributed by atoms with Gasteiger partial charge in [-0.25, -0.2) is 0 Å². The molecular formula is C16H8BrClF6N4. The number of fused-ring (bicyclic) bond motifs is 3. The molecule has 2 aromatic rings. The quantitative estimate of drug-likeness (QED) is 0.295. The van der Waals surface area contributed by atoms with E-state index >= 15 is 0 Å². The van der Waals surface area contributed by atoms with Gasteiger partial charge >= 0.3 is 18.2 Å². The van der Waals surface area contributed by atoms with E-state index in [0.717, 1.165) is 10.8 Å². The molecule has 12 heteroatoms. The van der Waals surface area contributed by atoms with E-state index in [1.807, 2.05) is 0 Å². The zero-order valence-corrected chi connectivity index (χ0v) is 15.9. The number of hydrogen-bond donors (Lipinski definition) is 1. The van der Waals surface area contributed by atoms with Crippen molar-refractivity contribution in [3.8, 4) is 5.69 Å². The molecule has 1 aliphatic rings. The van der Waals surface area contributed by atoms with Crippen molar-refractivity contribution in [1.29, 1.82) is 0 Å². The van der Waals surface area contributed by atoms with Gasteiger partial charge in [0.25, 0.3) is 0 Å². The van der Waals surface area contributed by atoms with E-state index in [-0.39, 0.29) is 21.8 Å². The molecule has 0 bridgehead atoms. The third-order valence-electron chi connectivity index (χ3n) is 4.17. The zero-order chi connectivity index (χ0) is 21.1. The maximum atomic E-state index is 13.3. The minimum absolute atomic E-state index is 0.0516. The van der Waals surface area contributed by atoms with Crippen LogP contribution in [0.25, 0.3) is 10.5 Å². The van der Waals surface area contributed by atoms with Crippen LogP contribution in [0.1, 0.15) is 17.5 Å². The molecule has 0 radical (unpaired) electrons. The average Bonchev–Trinajstić information content (AvgIpc) is 2.88. The van der Waals surface area contributed by atoms with Crippen molar-refractivity contribution in [3.63, 3.8) is 0 Å². The molecule has 1 unspecified atom stereocenters. The molecule has 2 heterocycles. The van der Waals surface area contributed by atoms with Gasteiger partial charge in [-0.05, 0) is 17.2 Å². The van der Waals surface area contributed by atoms with Crippen molar-refractivity contribution in [2.24, 2.45) is 0 Å². The molecular weight excluding hydrogens is 478 g/mol. The number of aromatic nitrogens is 2. The van der Waals surface area contributed by atoms with Crippen LogP contribution in [0.5, 0.6) is 0 Å². The van der Waals surface area contributed by atoms with Crippen molar-refractivity contribution < 1.29 is 26.3 Å². The summed E-state index contributed by atoms with van der Waals surface area (Å²) in [5.74, 6) is -0.249. The van der Waals surface area contributed by atoms with Crippen molar-refractivity contribution in [2.45, 2.75) is 24.3 Å². The second kappa shape index (κ2) is 6.42. The van der Waals surface area contributed by atoms with Gasteiger partial charge in [-0.2, -0.15) is 26.3 Å². The molecule has 4 nitrogen and oxygen atoms in total. The first kappa shape index (κ1) is 20.5. The Hall–Kier alpha value is -2.19. The minimum atomic E-state index is -4.84. The molecule has 0 aliphatic carbocycles. The van der Waals surface area contributed by atoms with Crippen LogP contribution in [0.3, 0.4) is 0 Å². The van der Waals surface area contributed by atoms with E-state index in [1.54, 1.807) is 0 Å². The molecule has 0 saturated heterocycles. The first-order valence-corrected chi connectivity index (χ1v) is 8.56. The number of halogens is 8. The van der Waals surface area contributed by atoms with Gasteiger partial charge in [0.2, 0.25) is 0 Å². The molecule has 1 aliphatic heterocycles. The lowest BCUT2D eigenvalue weighted by Crippen LogP contribution is -2.42. The van der Waals surface area contributed by atoms with Crippen LogP contribution in [0.2, 0.25) is 5.02 Å². The highest BCUT2D eigenvalue weighted by atomic mass is 79.9. The highest BCUT2D eigenvalue weighted by molar-refractivity contribution is 9.10. The van der Waals surface area contributed by atoms with Gasteiger partial charge in [0.05, 0.1) is 27.0 Å². The summed E-state index contributed by atoms with van der Waals surface area (Å²) in [5.41, 5.74) is -3.97. The highest BCUT2D eigenvalue weighted by Gasteiger charge is 2.49. The van der Waals surface area contributed by atoms with Crippen molar-refractivity contribution >= 4 is 39.2 Å². The Morgan fingerprint density at radius 3 is 2.46 bits per heavy atom. The molecule has 28 heavy (non-hydrogen) atoms. The number of anilines is 1. The Labute approximate surface area is 167 Å². The van der Waals surface area contributed by atoms with Crippen molar-refractivity contribution in [3.05, 3.63) is 56.8 Å². The highest BCUT2D eigenvalue weighted by Crippen LogP contribution is 2.51. The Kier molecular flexibility index (Phi) is 4.71. The van der Waals surface area contributed by atoms with Crippen LogP contribution in [0, 0.1) is 6.57 Å². The fourth-order valence-electron chi connectivity index (χ4n) is 3.01. The predicted octanol–water partition coefficient (Wildman–Crippen LogP) is 6.62. The lowest BCUT2D eigenvalue weighted by atomic mass is 9.82. The first-order valence-electron chi connectivity index (χ1n) is 7.39. The van der Waals surface area contributed by atoms with Crippen LogP contribution < -0.4 is 5.32 Å². The smallest absolute Gasteiger partial charge is 0.358 e. The molecule has 1 aromatic carbocycles. The summed E-state index contributed by atoms with van der Waals surface area (Å²) in [4.78, 5) is 3.14. The molecule has 1 N–H and O–H groups in total. The summed E-state index contributed by atoms with van der Waals surface area (Å²) in [7, 11) is 0. The van der Waals surface area contributed by atoms with Gasteiger partial charge < -0.3 is 10.2 Å². The monoisotopic (exact) mass is 484 g/mol. The van der Waals surface area contributed by atoms with Gasteiger partial charge in [-0.3, -0.25) is 0 Å². The molecule has 0 saturated carbocycles. The summed E-state index contributed by atoms with van der Waals surface area (Å²) >= 11 is 9.13. The van der Waals surface area contributed by atoms with Crippen molar-refractivity contribution in [2.75, 3.05) is 5.32 Å². The van der Waals surface area contributed by atoms with Crippen LogP contribution >= 0.6 is 27.5 Å². The van der Waals surface area contributed by atoms with Gasteiger partial charge in [-0.15, -0.1) is 11.3 Å². The lowest BCUT2D eigenvalue weighted by molar-refractivity contribution is -0.143. The summed E-state index contributed by atoms with van der Waals surface area (Å²) < 4.78 is 80.8. The Balaban J connectivity index is 2.42. The number of alkyl halides is 6. The molecule has 0 amide bonds. The zero-order valence-electron chi connectivity index (χ0n) is 13.5. The van der Waals surface area contributed by atoms with Gasteiger partial charge in [0.15, 0.2) is 5.82 Å². The van der Waals surface area contributed by atoms with E-state index in [2.05, 4.69) is 37.8 Å².